The van der Waals surface area contributed by atoms with Gasteiger partial charge in [0, 0.05) is 12.6 Å². The molecule has 5 heteroatoms. The molecule has 0 aliphatic rings. The van der Waals surface area contributed by atoms with Crippen LogP contribution in [0, 0.1) is 6.92 Å². The van der Waals surface area contributed by atoms with Crippen molar-refractivity contribution in [2.24, 2.45) is 0 Å². The zero-order chi connectivity index (χ0) is 12.0. The maximum absolute atomic E-state index is 11.5. The number of aryl methyl sites for hydroxylation is 1. The molecule has 0 aromatic carbocycles. The highest BCUT2D eigenvalue weighted by molar-refractivity contribution is 5.82. The lowest BCUT2D eigenvalue weighted by atomic mass is 10.2. The second-order valence-electron chi connectivity index (χ2n) is 3.56. The molecule has 0 spiro atoms. The van der Waals surface area contributed by atoms with E-state index in [2.05, 4.69) is 5.10 Å². The first kappa shape index (κ1) is 12.4. The topological polar surface area (TPSA) is 61.2 Å². The largest absolute Gasteiger partial charge is 0.466 e. The molecule has 0 atom stereocenters. The van der Waals surface area contributed by atoms with Crippen LogP contribution in [0.2, 0.25) is 0 Å². The zero-order valence-electron chi connectivity index (χ0n) is 9.60. The number of esters is 1. The van der Waals surface area contributed by atoms with E-state index in [1.807, 2.05) is 6.92 Å². The Labute approximate surface area is 94.4 Å². The summed E-state index contributed by atoms with van der Waals surface area (Å²) in [6.07, 6.45) is 3.84. The number of carbonyl (C=O) groups is 2. The third-order valence-electron chi connectivity index (χ3n) is 2.01. The molecule has 0 saturated heterocycles. The lowest BCUT2D eigenvalue weighted by Gasteiger charge is -2.02. The van der Waals surface area contributed by atoms with E-state index in [4.69, 9.17) is 4.74 Å². The van der Waals surface area contributed by atoms with Crippen molar-refractivity contribution >= 4 is 11.8 Å². The van der Waals surface area contributed by atoms with E-state index in [0.29, 0.717) is 6.61 Å². The molecular formula is C11H16N2O3. The Morgan fingerprint density at radius 3 is 2.75 bits per heavy atom. The van der Waals surface area contributed by atoms with Gasteiger partial charge in [0.05, 0.1) is 25.8 Å². The fourth-order valence-corrected chi connectivity index (χ4v) is 1.29. The molecular weight excluding hydrogens is 208 g/mol. The summed E-state index contributed by atoms with van der Waals surface area (Å²) < 4.78 is 6.31. The van der Waals surface area contributed by atoms with Gasteiger partial charge in [0.1, 0.15) is 0 Å². The summed E-state index contributed by atoms with van der Waals surface area (Å²) in [5.41, 5.74) is 1.01. The molecule has 1 aromatic heterocycles. The number of Topliss-reactive ketones (excluding diaryl/α,β-unsaturated/α-hetero) is 1. The molecule has 0 bridgehead atoms. The van der Waals surface area contributed by atoms with E-state index in [1.165, 1.54) is 0 Å². The summed E-state index contributed by atoms with van der Waals surface area (Å²) in [5, 5.41) is 4.00. The van der Waals surface area contributed by atoms with Crippen LogP contribution in [0.15, 0.2) is 12.4 Å². The third kappa shape index (κ3) is 4.25. The standard InChI is InChI=1S/C11H16N2O3/c1-3-16-11(15)5-4-10(14)8-13-7-9(2)6-12-13/h6-7H,3-5,8H2,1-2H3. The van der Waals surface area contributed by atoms with E-state index in [0.717, 1.165) is 5.56 Å². The Bertz CT molecular complexity index is 371. The average Bonchev–Trinajstić information content (AvgIpc) is 2.61. The average molecular weight is 224 g/mol. The highest BCUT2D eigenvalue weighted by Gasteiger charge is 2.08. The summed E-state index contributed by atoms with van der Waals surface area (Å²) in [6, 6.07) is 0. The summed E-state index contributed by atoms with van der Waals surface area (Å²) >= 11 is 0. The van der Waals surface area contributed by atoms with Crippen molar-refractivity contribution < 1.29 is 14.3 Å². The van der Waals surface area contributed by atoms with Crippen LogP contribution < -0.4 is 0 Å². The molecule has 0 fully saturated rings. The van der Waals surface area contributed by atoms with Crippen molar-refractivity contribution in [1.29, 1.82) is 0 Å². The minimum absolute atomic E-state index is 0.0175. The first-order valence-corrected chi connectivity index (χ1v) is 5.28. The van der Waals surface area contributed by atoms with Crippen LogP contribution in [0.1, 0.15) is 25.3 Å². The lowest BCUT2D eigenvalue weighted by Crippen LogP contribution is -2.13. The summed E-state index contributed by atoms with van der Waals surface area (Å²) in [4.78, 5) is 22.5. The van der Waals surface area contributed by atoms with Crippen LogP contribution in [0.5, 0.6) is 0 Å². The predicted molar refractivity (Wildman–Crippen MR) is 57.8 cm³/mol. The van der Waals surface area contributed by atoms with Gasteiger partial charge in [-0.1, -0.05) is 0 Å². The van der Waals surface area contributed by atoms with Crippen LogP contribution in [0.25, 0.3) is 0 Å². The number of carbonyl (C=O) groups excluding carboxylic acids is 2. The smallest absolute Gasteiger partial charge is 0.306 e. The van der Waals surface area contributed by atoms with Crippen LogP contribution in [0.3, 0.4) is 0 Å². The number of rotatable bonds is 6. The number of ketones is 1. The minimum Gasteiger partial charge on any atom is -0.466 e. The molecule has 1 heterocycles. The molecule has 0 N–H and O–H groups in total. The molecule has 0 amide bonds. The molecule has 88 valence electrons. The van der Waals surface area contributed by atoms with E-state index < -0.39 is 0 Å². The maximum atomic E-state index is 11.5. The molecule has 0 saturated carbocycles. The zero-order valence-corrected chi connectivity index (χ0v) is 9.60. The van der Waals surface area contributed by atoms with Crippen molar-refractivity contribution in [2.75, 3.05) is 6.61 Å². The second-order valence-corrected chi connectivity index (χ2v) is 3.56. The normalized spacial score (nSPS) is 10.1. The maximum Gasteiger partial charge on any atom is 0.306 e. The van der Waals surface area contributed by atoms with Gasteiger partial charge in [0.15, 0.2) is 5.78 Å². The third-order valence-corrected chi connectivity index (χ3v) is 2.01. The second kappa shape index (κ2) is 6.05. The number of hydrogen-bond acceptors (Lipinski definition) is 4. The van der Waals surface area contributed by atoms with Crippen LogP contribution >= 0.6 is 0 Å². The van der Waals surface area contributed by atoms with E-state index in [9.17, 15) is 9.59 Å². The quantitative estimate of drug-likeness (QED) is 0.679. The Kier molecular flexibility index (Phi) is 4.69. The molecule has 1 aromatic rings. The molecule has 1 rings (SSSR count). The van der Waals surface area contributed by atoms with Crippen molar-refractivity contribution in [2.45, 2.75) is 33.2 Å². The van der Waals surface area contributed by atoms with Gasteiger partial charge >= 0.3 is 5.97 Å². The predicted octanol–water partition coefficient (Wildman–Crippen LogP) is 1.10. The Morgan fingerprint density at radius 2 is 2.19 bits per heavy atom. The van der Waals surface area contributed by atoms with Gasteiger partial charge in [-0.15, -0.1) is 0 Å². The van der Waals surface area contributed by atoms with Crippen molar-refractivity contribution in [1.82, 2.24) is 9.78 Å². The van der Waals surface area contributed by atoms with Gasteiger partial charge < -0.3 is 4.74 Å². The Morgan fingerprint density at radius 1 is 1.44 bits per heavy atom. The molecule has 0 aliphatic heterocycles. The molecule has 16 heavy (non-hydrogen) atoms. The molecule has 0 radical (unpaired) electrons. The minimum atomic E-state index is -0.326. The SMILES string of the molecule is CCOC(=O)CCC(=O)Cn1cc(C)cn1. The fourth-order valence-electron chi connectivity index (χ4n) is 1.29. The highest BCUT2D eigenvalue weighted by Crippen LogP contribution is 1.99. The first-order valence-electron chi connectivity index (χ1n) is 5.28. The van der Waals surface area contributed by atoms with Gasteiger partial charge in [-0.2, -0.15) is 5.10 Å². The van der Waals surface area contributed by atoms with Crippen LogP contribution in [-0.2, 0) is 20.9 Å². The van der Waals surface area contributed by atoms with Gasteiger partial charge in [-0.3, -0.25) is 14.3 Å². The number of aromatic nitrogens is 2. The highest BCUT2D eigenvalue weighted by atomic mass is 16.5. The van der Waals surface area contributed by atoms with Gasteiger partial charge in [-0.25, -0.2) is 0 Å². The molecule has 0 aliphatic carbocycles. The first-order chi connectivity index (χ1) is 7.61. The van der Waals surface area contributed by atoms with Crippen LogP contribution in [-0.4, -0.2) is 28.1 Å². The van der Waals surface area contributed by atoms with E-state index in [-0.39, 0.29) is 31.1 Å². The summed E-state index contributed by atoms with van der Waals surface area (Å²) in [7, 11) is 0. The van der Waals surface area contributed by atoms with E-state index in [1.54, 1.807) is 24.0 Å². The fraction of sp³-hybridized carbons (Fsp3) is 0.545. The summed E-state index contributed by atoms with van der Waals surface area (Å²) in [6.45, 7) is 4.22. The van der Waals surface area contributed by atoms with Gasteiger partial charge in [0.2, 0.25) is 0 Å². The summed E-state index contributed by atoms with van der Waals surface area (Å²) in [5.74, 6) is -0.344. The van der Waals surface area contributed by atoms with Gasteiger partial charge in [0.25, 0.3) is 0 Å². The van der Waals surface area contributed by atoms with Crippen LogP contribution in [0.4, 0.5) is 0 Å². The van der Waals surface area contributed by atoms with E-state index >= 15 is 0 Å². The monoisotopic (exact) mass is 224 g/mol. The number of ether oxygens (including phenoxy) is 1. The molecule has 0 unspecified atom stereocenters. The Balaban J connectivity index is 2.28. The van der Waals surface area contributed by atoms with Crippen molar-refractivity contribution in [3.63, 3.8) is 0 Å². The number of hydrogen-bond donors (Lipinski definition) is 0. The Hall–Kier alpha value is -1.65. The van der Waals surface area contributed by atoms with Crippen molar-refractivity contribution in [3.8, 4) is 0 Å². The van der Waals surface area contributed by atoms with Crippen molar-refractivity contribution in [3.05, 3.63) is 18.0 Å². The van der Waals surface area contributed by atoms with Gasteiger partial charge in [-0.05, 0) is 19.4 Å². The molecule has 5 nitrogen and oxygen atoms in total. The number of nitrogens with zero attached hydrogens (tertiary/aromatic N) is 2. The lowest BCUT2D eigenvalue weighted by molar-refractivity contribution is -0.144.